The highest BCUT2D eigenvalue weighted by Gasteiger charge is 2.57. The summed E-state index contributed by atoms with van der Waals surface area (Å²) in [7, 11) is 2.11. The molecule has 2 unspecified atom stereocenters. The predicted molar refractivity (Wildman–Crippen MR) is 76.8 cm³/mol. The molecular weight excluding hydrogens is 236 g/mol. The summed E-state index contributed by atoms with van der Waals surface area (Å²) >= 11 is 0. The Bertz CT molecular complexity index is 363. The van der Waals surface area contributed by atoms with E-state index in [9.17, 15) is 4.79 Å². The van der Waals surface area contributed by atoms with Gasteiger partial charge in [-0.25, -0.2) is 0 Å². The van der Waals surface area contributed by atoms with Crippen LogP contribution in [-0.4, -0.2) is 24.0 Å². The highest BCUT2D eigenvalue weighted by atomic mass is 16.1. The summed E-state index contributed by atoms with van der Waals surface area (Å²) in [5.74, 6) is 2.37. The van der Waals surface area contributed by atoms with Crippen LogP contribution in [0.2, 0.25) is 0 Å². The van der Waals surface area contributed by atoms with E-state index in [-0.39, 0.29) is 11.4 Å². The van der Waals surface area contributed by atoms with Gasteiger partial charge in [0.1, 0.15) is 0 Å². The van der Waals surface area contributed by atoms with Crippen LogP contribution < -0.4 is 10.6 Å². The van der Waals surface area contributed by atoms with Crippen molar-refractivity contribution in [1.82, 2.24) is 10.6 Å². The summed E-state index contributed by atoms with van der Waals surface area (Å²) in [5.41, 5.74) is 0.425. The standard InChI is InChI=1S/C16H28N2O/c1-11(2)4-14(19)18-16-8-12-5-13(9-16)7-15(6-12,10-16)17-3/h11-13,17H,4-10H2,1-3H3,(H,18,19). The molecule has 3 nitrogen and oxygen atoms in total. The van der Waals surface area contributed by atoms with Gasteiger partial charge in [-0.2, -0.15) is 0 Å². The lowest BCUT2D eigenvalue weighted by Crippen LogP contribution is -2.68. The van der Waals surface area contributed by atoms with Gasteiger partial charge >= 0.3 is 0 Å². The van der Waals surface area contributed by atoms with Gasteiger partial charge in [0, 0.05) is 17.5 Å². The molecular formula is C16H28N2O. The molecule has 3 heteroatoms. The molecule has 4 saturated carbocycles. The van der Waals surface area contributed by atoms with Crippen molar-refractivity contribution in [3.8, 4) is 0 Å². The van der Waals surface area contributed by atoms with Gasteiger partial charge in [-0.15, -0.1) is 0 Å². The average Bonchev–Trinajstić information content (AvgIpc) is 2.24. The third-order valence-electron chi connectivity index (χ3n) is 5.59. The number of amides is 1. The maximum atomic E-state index is 12.2. The second-order valence-corrected chi connectivity index (χ2v) is 7.92. The molecule has 4 rings (SSSR count). The fraction of sp³-hybridized carbons (Fsp3) is 0.938. The first-order valence-corrected chi connectivity index (χ1v) is 7.94. The maximum absolute atomic E-state index is 12.2. The van der Waals surface area contributed by atoms with Crippen LogP contribution >= 0.6 is 0 Å². The molecule has 4 bridgehead atoms. The molecule has 19 heavy (non-hydrogen) atoms. The van der Waals surface area contributed by atoms with Gasteiger partial charge in [0.15, 0.2) is 0 Å². The third kappa shape index (κ3) is 2.42. The van der Waals surface area contributed by atoms with Gasteiger partial charge in [-0.1, -0.05) is 13.8 Å². The monoisotopic (exact) mass is 264 g/mol. The summed E-state index contributed by atoms with van der Waals surface area (Å²) in [6.07, 6.45) is 8.29. The van der Waals surface area contributed by atoms with Gasteiger partial charge in [-0.05, 0) is 63.3 Å². The van der Waals surface area contributed by atoms with Crippen LogP contribution in [0.5, 0.6) is 0 Å². The Balaban J connectivity index is 1.75. The molecule has 4 fully saturated rings. The number of rotatable bonds is 4. The second-order valence-electron chi connectivity index (χ2n) is 7.92. The molecule has 4 aliphatic rings. The second kappa shape index (κ2) is 4.47. The van der Waals surface area contributed by atoms with Crippen LogP contribution in [-0.2, 0) is 4.79 Å². The molecule has 2 atom stereocenters. The lowest BCUT2D eigenvalue weighted by Gasteiger charge is -2.62. The normalized spacial score (nSPS) is 43.8. The molecule has 0 heterocycles. The van der Waals surface area contributed by atoms with Crippen molar-refractivity contribution in [3.05, 3.63) is 0 Å². The minimum atomic E-state index is 0.110. The van der Waals surface area contributed by atoms with E-state index in [0.29, 0.717) is 17.9 Å². The van der Waals surface area contributed by atoms with Gasteiger partial charge in [0.2, 0.25) is 5.91 Å². The Labute approximate surface area is 116 Å². The van der Waals surface area contributed by atoms with E-state index >= 15 is 0 Å². The Kier molecular flexibility index (Phi) is 3.16. The van der Waals surface area contributed by atoms with E-state index in [0.717, 1.165) is 18.3 Å². The summed E-state index contributed by atoms with van der Waals surface area (Å²) in [5, 5.41) is 7.03. The van der Waals surface area contributed by atoms with Crippen molar-refractivity contribution in [2.75, 3.05) is 7.05 Å². The molecule has 0 saturated heterocycles. The number of carbonyl (C=O) groups excluding carboxylic acids is 1. The fourth-order valence-electron chi connectivity index (χ4n) is 5.42. The molecule has 4 aliphatic carbocycles. The van der Waals surface area contributed by atoms with Crippen LogP contribution in [0.25, 0.3) is 0 Å². The quantitative estimate of drug-likeness (QED) is 0.819. The van der Waals surface area contributed by atoms with Crippen LogP contribution in [0.3, 0.4) is 0 Å². The number of carbonyl (C=O) groups is 1. The van der Waals surface area contributed by atoms with Gasteiger partial charge in [0.05, 0.1) is 0 Å². The van der Waals surface area contributed by atoms with Crippen molar-refractivity contribution < 1.29 is 4.79 Å². The van der Waals surface area contributed by atoms with Crippen LogP contribution in [0.15, 0.2) is 0 Å². The first kappa shape index (κ1) is 13.4. The Morgan fingerprint density at radius 3 is 2.26 bits per heavy atom. The smallest absolute Gasteiger partial charge is 0.220 e. The number of hydrogen-bond acceptors (Lipinski definition) is 2. The van der Waals surface area contributed by atoms with Crippen LogP contribution in [0.4, 0.5) is 0 Å². The third-order valence-corrected chi connectivity index (χ3v) is 5.59. The Hall–Kier alpha value is -0.570. The zero-order chi connectivity index (χ0) is 13.7. The summed E-state index contributed by atoms with van der Waals surface area (Å²) in [6, 6.07) is 0. The number of nitrogens with one attached hydrogen (secondary N) is 2. The summed E-state index contributed by atoms with van der Waals surface area (Å²) in [6.45, 7) is 4.24. The van der Waals surface area contributed by atoms with Crippen molar-refractivity contribution in [2.45, 2.75) is 69.9 Å². The minimum absolute atomic E-state index is 0.110. The van der Waals surface area contributed by atoms with Crippen LogP contribution in [0.1, 0.15) is 58.8 Å². The SMILES string of the molecule is CNC12CC3CC(C1)CC(NC(=O)CC(C)C)(C3)C2. The van der Waals surface area contributed by atoms with Crippen molar-refractivity contribution in [3.63, 3.8) is 0 Å². The number of hydrogen-bond donors (Lipinski definition) is 2. The molecule has 108 valence electrons. The lowest BCUT2D eigenvalue weighted by molar-refractivity contribution is -0.128. The van der Waals surface area contributed by atoms with E-state index in [1.807, 2.05) is 0 Å². The predicted octanol–water partition coefficient (Wildman–Crippen LogP) is 2.46. The maximum Gasteiger partial charge on any atom is 0.220 e. The average molecular weight is 264 g/mol. The molecule has 0 radical (unpaired) electrons. The largest absolute Gasteiger partial charge is 0.351 e. The summed E-state index contributed by atoms with van der Waals surface area (Å²) in [4.78, 5) is 12.2. The van der Waals surface area contributed by atoms with E-state index in [4.69, 9.17) is 0 Å². The topological polar surface area (TPSA) is 41.1 Å². The lowest BCUT2D eigenvalue weighted by atomic mass is 9.50. The highest BCUT2D eigenvalue weighted by molar-refractivity contribution is 5.77. The van der Waals surface area contributed by atoms with Crippen LogP contribution in [0, 0.1) is 17.8 Å². The van der Waals surface area contributed by atoms with Gasteiger partial charge in [0.25, 0.3) is 0 Å². The minimum Gasteiger partial charge on any atom is -0.351 e. The zero-order valence-corrected chi connectivity index (χ0v) is 12.6. The van der Waals surface area contributed by atoms with E-state index < -0.39 is 0 Å². The molecule has 0 aromatic rings. The fourth-order valence-corrected chi connectivity index (χ4v) is 5.42. The molecule has 0 aromatic heterocycles. The Morgan fingerprint density at radius 2 is 1.74 bits per heavy atom. The van der Waals surface area contributed by atoms with Gasteiger partial charge in [-0.3, -0.25) is 4.79 Å². The molecule has 1 amide bonds. The van der Waals surface area contributed by atoms with E-state index in [1.54, 1.807) is 0 Å². The molecule has 2 N–H and O–H groups in total. The zero-order valence-electron chi connectivity index (χ0n) is 12.6. The first-order valence-electron chi connectivity index (χ1n) is 7.94. The molecule has 0 aliphatic heterocycles. The molecule has 0 spiro atoms. The molecule has 0 aromatic carbocycles. The van der Waals surface area contributed by atoms with Crippen molar-refractivity contribution >= 4 is 5.91 Å². The van der Waals surface area contributed by atoms with Crippen molar-refractivity contribution in [1.29, 1.82) is 0 Å². The Morgan fingerprint density at radius 1 is 1.16 bits per heavy atom. The van der Waals surface area contributed by atoms with E-state index in [1.165, 1.54) is 32.1 Å². The first-order chi connectivity index (χ1) is 8.94. The van der Waals surface area contributed by atoms with Crippen molar-refractivity contribution in [2.24, 2.45) is 17.8 Å². The summed E-state index contributed by atoms with van der Waals surface area (Å²) < 4.78 is 0. The van der Waals surface area contributed by atoms with Gasteiger partial charge < -0.3 is 10.6 Å². The van der Waals surface area contributed by atoms with E-state index in [2.05, 4.69) is 31.5 Å². The highest BCUT2D eigenvalue weighted by Crippen LogP contribution is 2.57.